The normalized spacial score (nSPS) is 22.8. The Morgan fingerprint density at radius 1 is 0.919 bits per heavy atom. The molecule has 0 N–H and O–H groups in total. The minimum Gasteiger partial charge on any atom is -0.486 e. The fourth-order valence-electron chi connectivity index (χ4n) is 4.68. The summed E-state index contributed by atoms with van der Waals surface area (Å²) in [7, 11) is 0. The lowest BCUT2D eigenvalue weighted by atomic mass is 9.89. The van der Waals surface area contributed by atoms with Gasteiger partial charge >= 0.3 is 18.0 Å². The van der Waals surface area contributed by atoms with Crippen molar-refractivity contribution in [3.05, 3.63) is 77.9 Å². The second kappa shape index (κ2) is 10.2. The van der Waals surface area contributed by atoms with Crippen molar-refractivity contribution in [3.63, 3.8) is 0 Å². The molecule has 2 aromatic carbocycles. The molecular formula is C26H24F2N2O7. The van der Waals surface area contributed by atoms with Crippen LogP contribution in [0.15, 0.2) is 60.7 Å². The molecule has 0 aromatic heterocycles. The first kappa shape index (κ1) is 24.7. The van der Waals surface area contributed by atoms with E-state index in [0.29, 0.717) is 49.7 Å². The van der Waals surface area contributed by atoms with Gasteiger partial charge in [0.15, 0.2) is 5.60 Å². The highest BCUT2D eigenvalue weighted by molar-refractivity contribution is 5.93. The van der Waals surface area contributed by atoms with Gasteiger partial charge in [0.25, 0.3) is 6.23 Å². The van der Waals surface area contributed by atoms with Crippen LogP contribution in [0.5, 0.6) is 5.75 Å². The van der Waals surface area contributed by atoms with Crippen LogP contribution >= 0.6 is 0 Å². The molecule has 11 heteroatoms. The molecule has 2 fully saturated rings. The van der Waals surface area contributed by atoms with E-state index in [1.54, 1.807) is 12.1 Å². The third-order valence-corrected chi connectivity index (χ3v) is 6.65. The maximum Gasteiger partial charge on any atom is 0.447 e. The molecule has 3 aliphatic heterocycles. The van der Waals surface area contributed by atoms with Crippen molar-refractivity contribution in [2.45, 2.75) is 37.2 Å². The molecule has 194 valence electrons. The van der Waals surface area contributed by atoms with Crippen LogP contribution in [0.3, 0.4) is 0 Å². The number of fused-ring (bicyclic) bond motifs is 2. The maximum absolute atomic E-state index is 13.5. The van der Waals surface area contributed by atoms with Crippen LogP contribution in [0.1, 0.15) is 30.9 Å². The predicted molar refractivity (Wildman–Crippen MR) is 123 cm³/mol. The van der Waals surface area contributed by atoms with Gasteiger partial charge in [-0.05, 0) is 42.0 Å². The third-order valence-electron chi connectivity index (χ3n) is 6.65. The van der Waals surface area contributed by atoms with E-state index in [2.05, 4.69) is 4.90 Å². The van der Waals surface area contributed by atoms with Gasteiger partial charge in [-0.1, -0.05) is 17.2 Å². The van der Waals surface area contributed by atoms with Gasteiger partial charge in [-0.2, -0.15) is 0 Å². The van der Waals surface area contributed by atoms with Gasteiger partial charge in [-0.25, -0.2) is 23.2 Å². The van der Waals surface area contributed by atoms with E-state index in [-0.39, 0.29) is 11.6 Å². The Bertz CT molecular complexity index is 1190. The largest absolute Gasteiger partial charge is 0.486 e. The van der Waals surface area contributed by atoms with Gasteiger partial charge in [-0.15, -0.1) is 0 Å². The van der Waals surface area contributed by atoms with Gasteiger partial charge in [-0.3, -0.25) is 0 Å². The van der Waals surface area contributed by atoms with Crippen LogP contribution < -0.4 is 4.74 Å². The van der Waals surface area contributed by atoms with Crippen molar-refractivity contribution in [2.24, 2.45) is 0 Å². The fourth-order valence-corrected chi connectivity index (χ4v) is 4.68. The summed E-state index contributed by atoms with van der Waals surface area (Å²) in [5.41, 5.74) is -0.369. The van der Waals surface area contributed by atoms with E-state index < -0.39 is 36.0 Å². The smallest absolute Gasteiger partial charge is 0.447 e. The first-order valence-electron chi connectivity index (χ1n) is 11.8. The van der Waals surface area contributed by atoms with Crippen molar-refractivity contribution < 1.29 is 42.2 Å². The lowest BCUT2D eigenvalue weighted by Gasteiger charge is -2.40. The molecule has 1 spiro atoms. The van der Waals surface area contributed by atoms with E-state index in [1.807, 2.05) is 0 Å². The predicted octanol–water partition coefficient (Wildman–Crippen LogP) is 3.66. The van der Waals surface area contributed by atoms with Crippen molar-refractivity contribution in [2.75, 3.05) is 19.6 Å². The molecule has 5 rings (SSSR count). The van der Waals surface area contributed by atoms with Crippen LogP contribution in [0.4, 0.5) is 13.6 Å². The molecule has 2 saturated heterocycles. The van der Waals surface area contributed by atoms with Gasteiger partial charge in [0.2, 0.25) is 0 Å². The summed E-state index contributed by atoms with van der Waals surface area (Å²) in [5, 5.41) is 0.681. The Balaban J connectivity index is 1.24. The topological polar surface area (TPSA) is 94.6 Å². The Morgan fingerprint density at radius 3 is 2.22 bits per heavy atom. The first-order chi connectivity index (χ1) is 17.8. The van der Waals surface area contributed by atoms with Crippen LogP contribution in [0.25, 0.3) is 0 Å². The maximum atomic E-state index is 13.5. The number of rotatable bonds is 6. The number of carbonyl (C=O) groups excluding carboxylic acids is 3. The number of halogens is 2. The number of carbonyl (C=O) groups is 3. The average molecular weight is 514 g/mol. The number of benzene rings is 2. The molecular weight excluding hydrogens is 490 g/mol. The summed E-state index contributed by atoms with van der Waals surface area (Å²) in [6, 6.07) is 11.7. The summed E-state index contributed by atoms with van der Waals surface area (Å²) in [6.45, 7) is 1.61. The number of ether oxygens (including phenoxy) is 3. The zero-order chi connectivity index (χ0) is 26.0. The second-order valence-electron chi connectivity index (χ2n) is 9.03. The Kier molecular flexibility index (Phi) is 6.79. The number of esters is 1. The summed E-state index contributed by atoms with van der Waals surface area (Å²) in [5.74, 6) is -1.89. The molecule has 3 aliphatic rings. The van der Waals surface area contributed by atoms with Crippen LogP contribution in [0.2, 0.25) is 0 Å². The van der Waals surface area contributed by atoms with Crippen LogP contribution in [-0.2, 0) is 23.9 Å². The highest BCUT2D eigenvalue weighted by Crippen LogP contribution is 2.40. The van der Waals surface area contributed by atoms with Crippen LogP contribution in [0, 0.1) is 11.6 Å². The SMILES string of the molecule is O=C1/C=C/C(=O)ON2C(=O)OC3(CCN(CC[C@H](Oc4ccc(F)cc4)c4ccc(F)cc4)CC3)C2O1. The van der Waals surface area contributed by atoms with Gasteiger partial charge in [0, 0.05) is 51.0 Å². The number of hydrogen-bond donors (Lipinski definition) is 0. The van der Waals surface area contributed by atoms with Crippen molar-refractivity contribution in [3.8, 4) is 5.75 Å². The summed E-state index contributed by atoms with van der Waals surface area (Å²) >= 11 is 0. The second-order valence-corrected chi connectivity index (χ2v) is 9.03. The van der Waals surface area contributed by atoms with E-state index in [1.165, 1.54) is 36.4 Å². The summed E-state index contributed by atoms with van der Waals surface area (Å²) in [4.78, 5) is 43.4. The molecule has 37 heavy (non-hydrogen) atoms. The number of piperidine rings is 1. The highest BCUT2D eigenvalue weighted by Gasteiger charge is 2.59. The van der Waals surface area contributed by atoms with Gasteiger partial charge in [0.05, 0.1) is 0 Å². The average Bonchev–Trinajstić information content (AvgIpc) is 3.11. The van der Waals surface area contributed by atoms with Crippen molar-refractivity contribution in [1.29, 1.82) is 0 Å². The number of nitrogens with zero attached hydrogens (tertiary/aromatic N) is 2. The third kappa shape index (κ3) is 5.41. The molecule has 3 heterocycles. The molecule has 9 nitrogen and oxygen atoms in total. The highest BCUT2D eigenvalue weighted by atomic mass is 19.1. The summed E-state index contributed by atoms with van der Waals surface area (Å²) in [6.07, 6.45) is 0.564. The lowest BCUT2D eigenvalue weighted by Crippen LogP contribution is -2.54. The lowest BCUT2D eigenvalue weighted by molar-refractivity contribution is -0.222. The molecule has 0 aliphatic carbocycles. The Morgan fingerprint density at radius 2 is 1.54 bits per heavy atom. The van der Waals surface area contributed by atoms with Crippen molar-refractivity contribution >= 4 is 18.0 Å². The van der Waals surface area contributed by atoms with E-state index >= 15 is 0 Å². The quantitative estimate of drug-likeness (QED) is 0.540. The van der Waals surface area contributed by atoms with E-state index in [4.69, 9.17) is 19.0 Å². The number of hydrogen-bond acceptors (Lipinski definition) is 8. The molecule has 1 unspecified atom stereocenters. The summed E-state index contributed by atoms with van der Waals surface area (Å²) < 4.78 is 43.9. The Hall–Kier alpha value is -3.99. The number of likely N-dealkylation sites (tertiary alicyclic amines) is 1. The molecule has 2 aromatic rings. The zero-order valence-corrected chi connectivity index (χ0v) is 19.7. The van der Waals surface area contributed by atoms with Crippen LogP contribution in [-0.4, -0.2) is 59.5 Å². The molecule has 0 saturated carbocycles. The Labute approximate surface area is 211 Å². The molecule has 2 atom stereocenters. The van der Waals surface area contributed by atoms with Gasteiger partial charge in [0.1, 0.15) is 23.5 Å². The standard InChI is InChI=1S/C26H24F2N2O7/c27-18-3-1-17(2-4-18)21(34-20-7-5-19(28)6-8-20)11-14-29-15-12-26(13-16-29)24-30(25(33)36-26)37-23(32)10-9-22(31)35-24/h1-10,21,24H,11-16H2/b10-9+/t21-,24?/m0/s1. The van der Waals surface area contributed by atoms with Gasteiger partial charge < -0.3 is 23.9 Å². The molecule has 1 amide bonds. The molecule has 0 radical (unpaired) electrons. The fraction of sp³-hybridized carbons (Fsp3) is 0.346. The minimum atomic E-state index is -1.18. The molecule has 0 bridgehead atoms. The number of amides is 1. The van der Waals surface area contributed by atoms with Crippen molar-refractivity contribution in [1.82, 2.24) is 9.96 Å². The van der Waals surface area contributed by atoms with E-state index in [9.17, 15) is 23.2 Å². The van der Waals surface area contributed by atoms with E-state index in [0.717, 1.165) is 17.7 Å². The number of hydroxylamine groups is 2. The zero-order valence-electron chi connectivity index (χ0n) is 19.7. The minimum absolute atomic E-state index is 0.342. The monoisotopic (exact) mass is 514 g/mol. The first-order valence-corrected chi connectivity index (χ1v) is 11.8.